The van der Waals surface area contributed by atoms with E-state index in [-0.39, 0.29) is 24.3 Å². The largest absolute Gasteiger partial charge is 0.461 e. The van der Waals surface area contributed by atoms with Gasteiger partial charge in [0.1, 0.15) is 23.1 Å². The van der Waals surface area contributed by atoms with Gasteiger partial charge in [0.25, 0.3) is 5.91 Å². The molecule has 1 atom stereocenters. The number of carbonyl (C=O) groups is 3. The van der Waals surface area contributed by atoms with E-state index < -0.39 is 6.04 Å². The first-order chi connectivity index (χ1) is 19.3. The van der Waals surface area contributed by atoms with Crippen LogP contribution in [-0.2, 0) is 9.59 Å². The van der Waals surface area contributed by atoms with Crippen molar-refractivity contribution >= 4 is 56.8 Å². The number of likely N-dealkylation sites (tertiary alicyclic amines) is 2. The Bertz CT molecular complexity index is 1420. The van der Waals surface area contributed by atoms with Crippen molar-refractivity contribution in [2.75, 3.05) is 50.9 Å². The first-order valence-electron chi connectivity index (χ1n) is 13.6. The molecule has 4 heterocycles. The Labute approximate surface area is 237 Å². The SMILES string of the molecule is Cc1cc2cc(NC(=N[C@H]3CCCCN(CC(=O)N4CCCC4)C3=O)Nc3nc(C(=O)N(C)C)cs3)ccc2o1. The molecule has 0 unspecified atom stereocenters. The van der Waals surface area contributed by atoms with E-state index in [4.69, 9.17) is 9.41 Å². The van der Waals surface area contributed by atoms with E-state index in [1.54, 1.807) is 24.4 Å². The lowest BCUT2D eigenvalue weighted by molar-refractivity contribution is -0.140. The molecule has 2 N–H and O–H groups in total. The van der Waals surface area contributed by atoms with Gasteiger partial charge < -0.3 is 29.8 Å². The molecule has 212 valence electrons. The molecule has 0 spiro atoms. The van der Waals surface area contributed by atoms with Crippen molar-refractivity contribution in [3.63, 3.8) is 0 Å². The fourth-order valence-electron chi connectivity index (χ4n) is 4.99. The third kappa shape index (κ3) is 6.44. The molecule has 1 aromatic carbocycles. The summed E-state index contributed by atoms with van der Waals surface area (Å²) in [6, 6.07) is 6.99. The molecule has 0 radical (unpaired) electrons. The number of anilines is 2. The van der Waals surface area contributed by atoms with Crippen LogP contribution in [-0.4, -0.2) is 89.7 Å². The predicted octanol–water partition coefficient (Wildman–Crippen LogP) is 3.78. The summed E-state index contributed by atoms with van der Waals surface area (Å²) >= 11 is 1.28. The molecule has 2 aliphatic rings. The van der Waals surface area contributed by atoms with Crippen molar-refractivity contribution < 1.29 is 18.8 Å². The molecule has 0 saturated carbocycles. The van der Waals surface area contributed by atoms with Crippen molar-refractivity contribution in [3.05, 3.63) is 41.1 Å². The summed E-state index contributed by atoms with van der Waals surface area (Å²) in [5, 5.41) is 9.59. The average Bonchev–Trinajstić information content (AvgIpc) is 3.67. The van der Waals surface area contributed by atoms with E-state index in [0.717, 1.165) is 61.2 Å². The molecule has 40 heavy (non-hydrogen) atoms. The lowest BCUT2D eigenvalue weighted by atomic mass is 10.1. The number of fused-ring (bicyclic) bond motifs is 1. The van der Waals surface area contributed by atoms with Crippen LogP contribution in [0.1, 0.15) is 48.4 Å². The Balaban J connectivity index is 1.40. The lowest BCUT2D eigenvalue weighted by Gasteiger charge is -2.25. The highest BCUT2D eigenvalue weighted by atomic mass is 32.1. The lowest BCUT2D eigenvalue weighted by Crippen LogP contribution is -2.45. The van der Waals surface area contributed by atoms with Gasteiger partial charge in [-0.3, -0.25) is 14.4 Å². The number of aliphatic imine (C=N–C) groups is 1. The highest BCUT2D eigenvalue weighted by Gasteiger charge is 2.30. The van der Waals surface area contributed by atoms with Crippen LogP contribution in [0.25, 0.3) is 11.0 Å². The van der Waals surface area contributed by atoms with Crippen LogP contribution in [0.2, 0.25) is 0 Å². The van der Waals surface area contributed by atoms with E-state index in [9.17, 15) is 14.4 Å². The van der Waals surface area contributed by atoms with Gasteiger partial charge in [-0.1, -0.05) is 0 Å². The number of amides is 3. The molecule has 5 rings (SSSR count). The number of thiazole rings is 1. The van der Waals surface area contributed by atoms with Gasteiger partial charge in [-0.25, -0.2) is 9.98 Å². The molecule has 11 nitrogen and oxygen atoms in total. The first kappa shape index (κ1) is 27.6. The standard InChI is InChI=1S/C28H35N7O4S/c1-18-14-19-15-20(9-10-23(19)39-18)29-27(32-28-31-22(17-40-28)25(37)33(2)3)30-21-8-4-5-13-35(26(21)38)16-24(36)34-11-6-7-12-34/h9-10,14-15,17,21H,4-8,11-13,16H2,1-3H3,(H2,29,30,31,32)/t21-/m0/s1. The number of carbonyl (C=O) groups excluding carboxylic acids is 3. The third-order valence-corrected chi connectivity index (χ3v) is 7.84. The number of guanidine groups is 1. The second-order valence-corrected chi connectivity index (χ2v) is 11.3. The van der Waals surface area contributed by atoms with Gasteiger partial charge in [0, 0.05) is 50.2 Å². The van der Waals surface area contributed by atoms with Crippen molar-refractivity contribution in [2.24, 2.45) is 4.99 Å². The van der Waals surface area contributed by atoms with E-state index in [1.165, 1.54) is 16.2 Å². The monoisotopic (exact) mass is 565 g/mol. The van der Waals surface area contributed by atoms with Crippen molar-refractivity contribution in [1.29, 1.82) is 0 Å². The fourth-order valence-corrected chi connectivity index (χ4v) is 5.68. The molecule has 0 aliphatic carbocycles. The Morgan fingerprint density at radius 3 is 2.67 bits per heavy atom. The predicted molar refractivity (Wildman–Crippen MR) is 156 cm³/mol. The Morgan fingerprint density at radius 1 is 1.12 bits per heavy atom. The molecular weight excluding hydrogens is 530 g/mol. The quantitative estimate of drug-likeness (QED) is 0.344. The van der Waals surface area contributed by atoms with Crippen molar-refractivity contribution in [1.82, 2.24) is 19.7 Å². The zero-order valence-electron chi connectivity index (χ0n) is 23.1. The summed E-state index contributed by atoms with van der Waals surface area (Å²) in [5.41, 5.74) is 1.85. The number of furan rings is 1. The number of nitrogens with zero attached hydrogens (tertiary/aromatic N) is 5. The zero-order chi connectivity index (χ0) is 28.2. The number of hydrogen-bond donors (Lipinski definition) is 2. The van der Waals surface area contributed by atoms with Crippen molar-refractivity contribution in [2.45, 2.75) is 45.1 Å². The van der Waals surface area contributed by atoms with E-state index in [1.807, 2.05) is 36.1 Å². The maximum Gasteiger partial charge on any atom is 0.272 e. The van der Waals surface area contributed by atoms with Gasteiger partial charge in [0.15, 0.2) is 5.13 Å². The Hall–Kier alpha value is -3.93. The van der Waals surface area contributed by atoms with Gasteiger partial charge in [-0.15, -0.1) is 11.3 Å². The van der Waals surface area contributed by atoms with Crippen LogP contribution in [0.15, 0.2) is 39.1 Å². The third-order valence-electron chi connectivity index (χ3n) is 7.08. The molecule has 2 saturated heterocycles. The highest BCUT2D eigenvalue weighted by Crippen LogP contribution is 2.24. The molecule has 2 aliphatic heterocycles. The zero-order valence-corrected chi connectivity index (χ0v) is 23.9. The number of benzene rings is 1. The maximum absolute atomic E-state index is 13.6. The minimum absolute atomic E-state index is 0.00321. The molecule has 3 amide bonds. The normalized spacial score (nSPS) is 18.2. The summed E-state index contributed by atoms with van der Waals surface area (Å²) in [4.78, 5) is 53.0. The van der Waals surface area contributed by atoms with Crippen molar-refractivity contribution in [3.8, 4) is 0 Å². The molecule has 3 aromatic rings. The van der Waals surface area contributed by atoms with E-state index >= 15 is 0 Å². The van der Waals surface area contributed by atoms with Gasteiger partial charge in [-0.05, 0) is 63.3 Å². The fraction of sp³-hybridized carbons (Fsp3) is 0.464. The smallest absolute Gasteiger partial charge is 0.272 e. The number of aromatic nitrogens is 1. The van der Waals surface area contributed by atoms with Gasteiger partial charge >= 0.3 is 0 Å². The summed E-state index contributed by atoms with van der Waals surface area (Å²) in [7, 11) is 3.35. The summed E-state index contributed by atoms with van der Waals surface area (Å²) in [6.45, 7) is 4.04. The minimum atomic E-state index is -0.661. The number of hydrogen-bond acceptors (Lipinski definition) is 7. The summed E-state index contributed by atoms with van der Waals surface area (Å²) < 4.78 is 5.70. The Kier molecular flexibility index (Phi) is 8.34. The van der Waals surface area contributed by atoms with Crippen LogP contribution >= 0.6 is 11.3 Å². The first-order valence-corrected chi connectivity index (χ1v) is 14.5. The maximum atomic E-state index is 13.6. The average molecular weight is 566 g/mol. The Morgan fingerprint density at radius 2 is 1.90 bits per heavy atom. The minimum Gasteiger partial charge on any atom is -0.461 e. The summed E-state index contributed by atoms with van der Waals surface area (Å²) in [5.74, 6) is 0.788. The van der Waals surface area contributed by atoms with E-state index in [0.29, 0.717) is 29.8 Å². The molecule has 0 bridgehead atoms. The second-order valence-electron chi connectivity index (χ2n) is 10.4. The summed E-state index contributed by atoms with van der Waals surface area (Å²) in [6.07, 6.45) is 4.23. The molecule has 12 heteroatoms. The van der Waals surface area contributed by atoms with Crippen LogP contribution < -0.4 is 10.6 Å². The van der Waals surface area contributed by atoms with Gasteiger partial charge in [0.2, 0.25) is 17.8 Å². The van der Waals surface area contributed by atoms with Crippen LogP contribution in [0.5, 0.6) is 0 Å². The van der Waals surface area contributed by atoms with Crippen LogP contribution in [0.3, 0.4) is 0 Å². The second kappa shape index (κ2) is 12.1. The molecule has 2 fully saturated rings. The topological polar surface area (TPSA) is 123 Å². The molecular formula is C28H35N7O4S. The van der Waals surface area contributed by atoms with Crippen LogP contribution in [0.4, 0.5) is 10.8 Å². The van der Waals surface area contributed by atoms with Gasteiger partial charge in [-0.2, -0.15) is 0 Å². The number of aryl methyl sites for hydroxylation is 1. The number of nitrogens with one attached hydrogen (secondary N) is 2. The number of rotatable bonds is 6. The van der Waals surface area contributed by atoms with Gasteiger partial charge in [0.05, 0.1) is 6.54 Å². The molecule has 2 aromatic heterocycles. The van der Waals surface area contributed by atoms with E-state index in [2.05, 4.69) is 15.6 Å². The van der Waals surface area contributed by atoms with Crippen LogP contribution in [0, 0.1) is 6.92 Å². The highest BCUT2D eigenvalue weighted by molar-refractivity contribution is 7.14.